The van der Waals surface area contributed by atoms with Gasteiger partial charge in [-0.2, -0.15) is 0 Å². The summed E-state index contributed by atoms with van der Waals surface area (Å²) in [6.45, 7) is 10.3. The van der Waals surface area contributed by atoms with Crippen molar-refractivity contribution in [2.45, 2.75) is 45.3 Å². The minimum absolute atomic E-state index is 0.176. The van der Waals surface area contributed by atoms with Gasteiger partial charge >= 0.3 is 0 Å². The molecule has 2 saturated heterocycles. The molecule has 126 valence electrons. The van der Waals surface area contributed by atoms with E-state index in [0.29, 0.717) is 17.9 Å². The van der Waals surface area contributed by atoms with Gasteiger partial charge in [0.2, 0.25) is 0 Å². The van der Waals surface area contributed by atoms with Crippen LogP contribution in [0.2, 0.25) is 0 Å². The highest BCUT2D eigenvalue weighted by Crippen LogP contribution is 2.30. The topological polar surface area (TPSA) is 42.0 Å². The van der Waals surface area contributed by atoms with Crippen molar-refractivity contribution in [2.24, 2.45) is 11.8 Å². The Morgan fingerprint density at radius 3 is 2.64 bits per heavy atom. The van der Waals surface area contributed by atoms with Crippen molar-refractivity contribution in [3.63, 3.8) is 0 Å². The van der Waals surface area contributed by atoms with Crippen LogP contribution >= 0.6 is 0 Å². The van der Waals surface area contributed by atoms with Crippen LogP contribution in [0.15, 0.2) is 0 Å². The fourth-order valence-corrected chi connectivity index (χ4v) is 3.65. The van der Waals surface area contributed by atoms with Crippen LogP contribution in [0.4, 0.5) is 0 Å². The molecule has 0 spiro atoms. The first kappa shape index (κ1) is 16.2. The Bertz CT molecular complexity index is 380. The number of ether oxygens (including phenoxy) is 2. The summed E-state index contributed by atoms with van der Waals surface area (Å²) in [6.07, 6.45) is 3.37. The molecule has 2 heterocycles. The lowest BCUT2D eigenvalue weighted by Gasteiger charge is -2.34. The average molecular weight is 310 g/mol. The zero-order chi connectivity index (χ0) is 15.5. The molecular formula is C17H30N2O3. The van der Waals surface area contributed by atoms with E-state index in [4.69, 9.17) is 9.47 Å². The minimum atomic E-state index is -0.290. The highest BCUT2D eigenvalue weighted by Gasteiger charge is 2.39. The molecule has 2 aliphatic heterocycles. The lowest BCUT2D eigenvalue weighted by molar-refractivity contribution is -0.142. The Kier molecular flexibility index (Phi) is 5.37. The summed E-state index contributed by atoms with van der Waals surface area (Å²) in [4.78, 5) is 17.2. The third-order valence-electron chi connectivity index (χ3n) is 5.38. The maximum Gasteiger partial charge on any atom is 0.251 e. The second-order valence-electron chi connectivity index (χ2n) is 7.05. The molecule has 0 unspecified atom stereocenters. The van der Waals surface area contributed by atoms with Crippen LogP contribution in [0.5, 0.6) is 0 Å². The number of likely N-dealkylation sites (tertiary alicyclic amines) is 1. The maximum absolute atomic E-state index is 12.6. The SMILES string of the molecule is CC[C@@H]1CN(C(=O)[C@@H](C)OCC2CC2)C[C@H]1N1CCOCC1. The molecule has 5 heteroatoms. The van der Waals surface area contributed by atoms with Crippen molar-refractivity contribution < 1.29 is 14.3 Å². The molecule has 3 rings (SSSR count). The van der Waals surface area contributed by atoms with Crippen molar-refractivity contribution >= 4 is 5.91 Å². The molecule has 0 aromatic heterocycles. The Balaban J connectivity index is 1.53. The lowest BCUT2D eigenvalue weighted by Crippen LogP contribution is -2.47. The van der Waals surface area contributed by atoms with Gasteiger partial charge in [0.05, 0.1) is 19.8 Å². The van der Waals surface area contributed by atoms with Gasteiger partial charge < -0.3 is 14.4 Å². The third kappa shape index (κ3) is 3.81. The van der Waals surface area contributed by atoms with E-state index in [1.807, 2.05) is 11.8 Å². The Labute approximate surface area is 133 Å². The second-order valence-corrected chi connectivity index (χ2v) is 7.05. The van der Waals surface area contributed by atoms with Gasteiger partial charge in [-0.05, 0) is 31.6 Å². The van der Waals surface area contributed by atoms with Crippen LogP contribution in [0, 0.1) is 11.8 Å². The van der Waals surface area contributed by atoms with Crippen LogP contribution < -0.4 is 0 Å². The van der Waals surface area contributed by atoms with Crippen molar-refractivity contribution in [3.8, 4) is 0 Å². The summed E-state index contributed by atoms with van der Waals surface area (Å²) in [6, 6.07) is 0.494. The molecule has 1 amide bonds. The van der Waals surface area contributed by atoms with Gasteiger partial charge in [-0.1, -0.05) is 13.3 Å². The van der Waals surface area contributed by atoms with Gasteiger partial charge in [-0.15, -0.1) is 0 Å². The van der Waals surface area contributed by atoms with Gasteiger partial charge in [0.25, 0.3) is 5.91 Å². The molecular weight excluding hydrogens is 280 g/mol. The summed E-state index contributed by atoms with van der Waals surface area (Å²) < 4.78 is 11.2. The molecule has 1 aliphatic carbocycles. The van der Waals surface area contributed by atoms with Crippen molar-refractivity contribution in [3.05, 3.63) is 0 Å². The molecule has 0 N–H and O–H groups in total. The summed E-state index contributed by atoms with van der Waals surface area (Å²) in [7, 11) is 0. The van der Waals surface area contributed by atoms with Gasteiger partial charge in [0, 0.05) is 32.2 Å². The number of hydrogen-bond donors (Lipinski definition) is 0. The highest BCUT2D eigenvalue weighted by molar-refractivity contribution is 5.81. The number of nitrogens with zero attached hydrogens (tertiary/aromatic N) is 2. The summed E-state index contributed by atoms with van der Waals surface area (Å²) in [5.41, 5.74) is 0. The van der Waals surface area contributed by atoms with Gasteiger partial charge in [0.15, 0.2) is 0 Å². The Morgan fingerprint density at radius 1 is 1.27 bits per heavy atom. The monoisotopic (exact) mass is 310 g/mol. The van der Waals surface area contributed by atoms with Crippen LogP contribution in [-0.4, -0.2) is 73.9 Å². The fourth-order valence-electron chi connectivity index (χ4n) is 3.65. The van der Waals surface area contributed by atoms with Crippen LogP contribution in [0.25, 0.3) is 0 Å². The molecule has 0 aromatic carbocycles. The van der Waals surface area contributed by atoms with E-state index in [1.165, 1.54) is 12.8 Å². The van der Waals surface area contributed by atoms with E-state index in [0.717, 1.165) is 52.4 Å². The molecule has 3 fully saturated rings. The highest BCUT2D eigenvalue weighted by atomic mass is 16.5. The molecule has 0 aromatic rings. The normalized spacial score (nSPS) is 31.5. The number of amides is 1. The van der Waals surface area contributed by atoms with Gasteiger partial charge in [-0.3, -0.25) is 9.69 Å². The van der Waals surface area contributed by atoms with E-state index in [2.05, 4.69) is 11.8 Å². The zero-order valence-electron chi connectivity index (χ0n) is 14.0. The zero-order valence-corrected chi connectivity index (χ0v) is 14.0. The van der Waals surface area contributed by atoms with Crippen molar-refractivity contribution in [2.75, 3.05) is 46.0 Å². The van der Waals surface area contributed by atoms with Gasteiger partial charge in [-0.25, -0.2) is 0 Å². The minimum Gasteiger partial charge on any atom is -0.379 e. The summed E-state index contributed by atoms with van der Waals surface area (Å²) in [5, 5.41) is 0. The quantitative estimate of drug-likeness (QED) is 0.743. The van der Waals surface area contributed by atoms with Crippen LogP contribution in [0.3, 0.4) is 0 Å². The van der Waals surface area contributed by atoms with E-state index in [-0.39, 0.29) is 12.0 Å². The molecule has 0 radical (unpaired) electrons. The first-order valence-electron chi connectivity index (χ1n) is 8.91. The van der Waals surface area contributed by atoms with Crippen molar-refractivity contribution in [1.82, 2.24) is 9.80 Å². The smallest absolute Gasteiger partial charge is 0.251 e. The summed E-state index contributed by atoms with van der Waals surface area (Å²) >= 11 is 0. The van der Waals surface area contributed by atoms with E-state index in [9.17, 15) is 4.79 Å². The number of carbonyl (C=O) groups excluding carboxylic acids is 1. The lowest BCUT2D eigenvalue weighted by atomic mass is 9.99. The van der Waals surface area contributed by atoms with Crippen LogP contribution in [-0.2, 0) is 14.3 Å². The number of carbonyl (C=O) groups is 1. The largest absolute Gasteiger partial charge is 0.379 e. The first-order valence-corrected chi connectivity index (χ1v) is 8.91. The Morgan fingerprint density at radius 2 is 2.00 bits per heavy atom. The molecule has 22 heavy (non-hydrogen) atoms. The first-order chi connectivity index (χ1) is 10.7. The molecule has 0 bridgehead atoms. The predicted molar refractivity (Wildman–Crippen MR) is 84.7 cm³/mol. The second kappa shape index (κ2) is 7.28. The fraction of sp³-hybridized carbons (Fsp3) is 0.941. The van der Waals surface area contributed by atoms with E-state index in [1.54, 1.807) is 0 Å². The molecule has 5 nitrogen and oxygen atoms in total. The third-order valence-corrected chi connectivity index (χ3v) is 5.38. The van der Waals surface area contributed by atoms with Crippen molar-refractivity contribution in [1.29, 1.82) is 0 Å². The van der Waals surface area contributed by atoms with Gasteiger partial charge in [0.1, 0.15) is 6.10 Å². The molecule has 3 aliphatic rings. The Hall–Kier alpha value is -0.650. The molecule has 1 saturated carbocycles. The number of morpholine rings is 1. The number of rotatable bonds is 6. The summed E-state index contributed by atoms with van der Waals surface area (Å²) in [5.74, 6) is 1.46. The van der Waals surface area contributed by atoms with E-state index >= 15 is 0 Å². The maximum atomic E-state index is 12.6. The van der Waals surface area contributed by atoms with Crippen LogP contribution in [0.1, 0.15) is 33.1 Å². The number of hydrogen-bond acceptors (Lipinski definition) is 4. The average Bonchev–Trinajstić information content (AvgIpc) is 3.29. The predicted octanol–water partition coefficient (Wildman–Crippen LogP) is 1.37. The standard InChI is InChI=1S/C17H30N2O3/c1-3-15-10-19(11-16(15)18-6-8-21-9-7-18)17(20)13(2)22-12-14-4-5-14/h13-16H,3-12H2,1-2H3/t13-,15-,16-/m1/s1. The molecule has 3 atom stereocenters. The van der Waals surface area contributed by atoms with E-state index < -0.39 is 0 Å².